The molecule has 0 spiro atoms. The largest absolute Gasteiger partial charge is 0.497 e. The van der Waals surface area contributed by atoms with Crippen LogP contribution in [-0.2, 0) is 11.3 Å². The number of hydrogen-bond acceptors (Lipinski definition) is 3. The fourth-order valence-electron chi connectivity index (χ4n) is 3.44. The van der Waals surface area contributed by atoms with Crippen LogP contribution in [0.4, 0.5) is 36.4 Å². The maximum absolute atomic E-state index is 14.5. The Morgan fingerprint density at radius 3 is 2.24 bits per heavy atom. The van der Waals surface area contributed by atoms with Crippen molar-refractivity contribution in [2.75, 3.05) is 12.0 Å². The Bertz CT molecular complexity index is 1260. The fraction of sp³-hybridized carbons (Fsp3) is 0.136. The first kappa shape index (κ1) is 22.4. The van der Waals surface area contributed by atoms with Crippen molar-refractivity contribution in [1.82, 2.24) is 0 Å². The van der Waals surface area contributed by atoms with E-state index >= 15 is 0 Å². The maximum Gasteiger partial charge on any atom is 0.482 e. The molecule has 1 heterocycles. The van der Waals surface area contributed by atoms with Gasteiger partial charge in [0.15, 0.2) is 23.2 Å². The number of carbonyl (C=O) groups excluding carboxylic acids is 1. The number of benzene rings is 3. The third kappa shape index (κ3) is 3.83. The first-order chi connectivity index (χ1) is 15.5. The number of anilines is 1. The minimum Gasteiger partial charge on any atom is -0.497 e. The second kappa shape index (κ2) is 7.98. The van der Waals surface area contributed by atoms with Gasteiger partial charge in [-0.05, 0) is 23.8 Å². The smallest absolute Gasteiger partial charge is 0.482 e. The summed E-state index contributed by atoms with van der Waals surface area (Å²) < 4.78 is 108. The van der Waals surface area contributed by atoms with Crippen LogP contribution in [0.2, 0.25) is 0 Å². The highest BCUT2D eigenvalue weighted by Gasteiger charge is 2.51. The normalized spacial score (nSPS) is 14.7. The van der Waals surface area contributed by atoms with E-state index < -0.39 is 70.2 Å². The lowest BCUT2D eigenvalue weighted by molar-refractivity contribution is -0.193. The van der Waals surface area contributed by atoms with Gasteiger partial charge < -0.3 is 9.47 Å². The fourth-order valence-corrected chi connectivity index (χ4v) is 3.44. The Kier molecular flexibility index (Phi) is 5.43. The van der Waals surface area contributed by atoms with Crippen LogP contribution in [0.25, 0.3) is 11.1 Å². The van der Waals surface area contributed by atoms with E-state index in [0.29, 0.717) is 22.8 Å². The van der Waals surface area contributed by atoms with Crippen molar-refractivity contribution < 1.29 is 45.0 Å². The number of hydrogen-bond donors (Lipinski definition) is 0. The molecule has 0 aliphatic carbocycles. The number of methoxy groups -OCH3 is 1. The average Bonchev–Trinajstić information content (AvgIpc) is 2.75. The summed E-state index contributed by atoms with van der Waals surface area (Å²) in [5.41, 5.74) is -2.44. The molecule has 0 N–H and O–H groups in total. The van der Waals surface area contributed by atoms with Crippen LogP contribution in [-0.4, -0.2) is 19.1 Å². The zero-order chi connectivity index (χ0) is 24.1. The van der Waals surface area contributed by atoms with Crippen LogP contribution in [0.3, 0.4) is 0 Å². The average molecular weight is 471 g/mol. The van der Waals surface area contributed by atoms with E-state index in [9.17, 15) is 35.5 Å². The quantitative estimate of drug-likeness (QED) is 0.284. The number of ether oxygens (including phenoxy) is 2. The molecule has 1 aliphatic rings. The van der Waals surface area contributed by atoms with Gasteiger partial charge in [0.1, 0.15) is 17.4 Å². The lowest BCUT2D eigenvalue weighted by Gasteiger charge is -2.35. The first-order valence-electron chi connectivity index (χ1n) is 9.22. The maximum atomic E-state index is 14.5. The standard InChI is InChI=1S/C22H12F7NO3/c1-32-12-4-2-10(3-5-12)9-30-20-13(17-14(24)8-15(25)18(26)19(17)27)6-11(23)7-16(20)33-22(28,29)21(30)31/h2-8H,9H2,1H3. The van der Waals surface area contributed by atoms with E-state index in [2.05, 4.69) is 4.74 Å². The highest BCUT2D eigenvalue weighted by molar-refractivity contribution is 6.04. The Labute approximate surface area is 181 Å². The van der Waals surface area contributed by atoms with Crippen molar-refractivity contribution in [3.8, 4) is 22.6 Å². The highest BCUT2D eigenvalue weighted by atomic mass is 19.3. The molecule has 0 radical (unpaired) electrons. The van der Waals surface area contributed by atoms with Crippen molar-refractivity contribution in [2.24, 2.45) is 0 Å². The van der Waals surface area contributed by atoms with Crippen molar-refractivity contribution >= 4 is 11.6 Å². The molecule has 0 fully saturated rings. The lowest BCUT2D eigenvalue weighted by atomic mass is 9.98. The molecule has 0 saturated heterocycles. The van der Waals surface area contributed by atoms with Gasteiger partial charge in [-0.1, -0.05) is 12.1 Å². The summed E-state index contributed by atoms with van der Waals surface area (Å²) >= 11 is 0. The molecular weight excluding hydrogens is 459 g/mol. The van der Waals surface area contributed by atoms with Gasteiger partial charge in [-0.25, -0.2) is 22.0 Å². The van der Waals surface area contributed by atoms with Crippen molar-refractivity contribution in [3.63, 3.8) is 0 Å². The van der Waals surface area contributed by atoms with Gasteiger partial charge in [0.2, 0.25) is 0 Å². The van der Waals surface area contributed by atoms with Crippen LogP contribution in [0.5, 0.6) is 11.5 Å². The third-order valence-corrected chi connectivity index (χ3v) is 4.93. The number of fused-ring (bicyclic) bond motifs is 1. The molecule has 3 aromatic carbocycles. The van der Waals surface area contributed by atoms with Gasteiger partial charge in [-0.2, -0.15) is 8.78 Å². The number of alkyl halides is 2. The Morgan fingerprint density at radius 1 is 0.939 bits per heavy atom. The van der Waals surface area contributed by atoms with Crippen molar-refractivity contribution in [3.05, 3.63) is 77.1 Å². The molecule has 4 nitrogen and oxygen atoms in total. The van der Waals surface area contributed by atoms with E-state index in [1.165, 1.54) is 31.4 Å². The molecule has 1 aliphatic heterocycles. The monoisotopic (exact) mass is 471 g/mol. The molecule has 4 rings (SSSR count). The summed E-state index contributed by atoms with van der Waals surface area (Å²) in [6.07, 6.45) is -4.43. The minimum absolute atomic E-state index is 0.0129. The molecule has 0 aromatic heterocycles. The third-order valence-electron chi connectivity index (χ3n) is 4.93. The van der Waals surface area contributed by atoms with Gasteiger partial charge in [0.05, 0.1) is 24.9 Å². The summed E-state index contributed by atoms with van der Waals surface area (Å²) in [6.45, 7) is -0.555. The molecule has 3 aromatic rings. The van der Waals surface area contributed by atoms with E-state index in [4.69, 9.17) is 4.74 Å². The van der Waals surface area contributed by atoms with E-state index in [1.54, 1.807) is 0 Å². The SMILES string of the molecule is COc1ccc(CN2C(=O)C(F)(F)Oc3cc(F)cc(-c4c(F)cc(F)c(F)c4F)c32)cc1. The van der Waals surface area contributed by atoms with Gasteiger partial charge in [0.25, 0.3) is 0 Å². The molecule has 11 heteroatoms. The Hall–Kier alpha value is -3.76. The molecule has 0 saturated carbocycles. The number of carbonyl (C=O) groups is 1. The minimum atomic E-state index is -4.43. The Balaban J connectivity index is 1.95. The van der Waals surface area contributed by atoms with Crippen LogP contribution in [0.15, 0.2) is 42.5 Å². The highest BCUT2D eigenvalue weighted by Crippen LogP contribution is 2.48. The summed E-state index contributed by atoms with van der Waals surface area (Å²) in [5.74, 6) is -11.3. The second-order valence-electron chi connectivity index (χ2n) is 7.00. The molecule has 0 atom stereocenters. The Morgan fingerprint density at radius 2 is 1.61 bits per heavy atom. The van der Waals surface area contributed by atoms with Crippen LogP contribution >= 0.6 is 0 Å². The summed E-state index contributed by atoms with van der Waals surface area (Å²) in [6, 6.07) is 6.80. The number of rotatable bonds is 4. The van der Waals surface area contributed by atoms with Gasteiger partial charge in [-0.3, -0.25) is 9.69 Å². The van der Waals surface area contributed by atoms with E-state index in [1.807, 2.05) is 0 Å². The lowest BCUT2D eigenvalue weighted by Crippen LogP contribution is -2.50. The number of nitrogens with zero attached hydrogens (tertiary/aromatic N) is 1. The van der Waals surface area contributed by atoms with Crippen molar-refractivity contribution in [2.45, 2.75) is 12.7 Å². The molecule has 33 heavy (non-hydrogen) atoms. The van der Waals surface area contributed by atoms with Crippen LogP contribution in [0, 0.1) is 29.1 Å². The van der Waals surface area contributed by atoms with E-state index in [-0.39, 0.29) is 11.6 Å². The molecule has 172 valence electrons. The van der Waals surface area contributed by atoms with E-state index in [0.717, 1.165) is 0 Å². The number of halogens is 7. The van der Waals surface area contributed by atoms with Crippen LogP contribution < -0.4 is 14.4 Å². The second-order valence-corrected chi connectivity index (χ2v) is 7.00. The molecular formula is C22H12F7NO3. The van der Waals surface area contributed by atoms with Gasteiger partial charge in [-0.15, -0.1) is 0 Å². The van der Waals surface area contributed by atoms with Crippen molar-refractivity contribution in [1.29, 1.82) is 0 Å². The summed E-state index contributed by atoms with van der Waals surface area (Å²) in [7, 11) is 1.39. The zero-order valence-corrected chi connectivity index (χ0v) is 16.6. The molecule has 1 amide bonds. The molecule has 0 unspecified atom stereocenters. The summed E-state index contributed by atoms with van der Waals surface area (Å²) in [5, 5.41) is 0. The predicted octanol–water partition coefficient (Wildman–Crippen LogP) is 5.58. The number of amides is 1. The zero-order valence-electron chi connectivity index (χ0n) is 16.6. The topological polar surface area (TPSA) is 38.8 Å². The van der Waals surface area contributed by atoms with Gasteiger partial charge >= 0.3 is 12.0 Å². The van der Waals surface area contributed by atoms with Gasteiger partial charge in [0, 0.05) is 17.7 Å². The predicted molar refractivity (Wildman–Crippen MR) is 101 cm³/mol. The van der Waals surface area contributed by atoms with Crippen LogP contribution in [0.1, 0.15) is 5.56 Å². The summed E-state index contributed by atoms with van der Waals surface area (Å²) in [4.78, 5) is 12.9. The molecule has 0 bridgehead atoms. The first-order valence-corrected chi connectivity index (χ1v) is 9.22.